The van der Waals surface area contributed by atoms with Crippen LogP contribution < -0.4 is 20.5 Å². The number of anilines is 1. The van der Waals surface area contributed by atoms with Gasteiger partial charge in [-0.05, 0) is 30.2 Å². The summed E-state index contributed by atoms with van der Waals surface area (Å²) in [7, 11) is 0. The highest BCUT2D eigenvalue weighted by molar-refractivity contribution is 5.79. The van der Waals surface area contributed by atoms with Crippen molar-refractivity contribution in [1.82, 2.24) is 0 Å². The zero-order chi connectivity index (χ0) is 14.9. The van der Waals surface area contributed by atoms with Crippen molar-refractivity contribution in [2.75, 3.05) is 11.9 Å². The Balaban J connectivity index is 2.06. The number of aliphatic hydroxyl groups excluding tert-OH is 1. The van der Waals surface area contributed by atoms with Crippen LogP contribution in [0.5, 0.6) is 5.75 Å². The van der Waals surface area contributed by atoms with Crippen LogP contribution >= 0.6 is 0 Å². The van der Waals surface area contributed by atoms with Crippen LogP contribution in [0.4, 0.5) is 5.69 Å². The number of nitrogens with one attached hydrogen (secondary N) is 1. The second-order valence-electron chi connectivity index (χ2n) is 5.47. The highest BCUT2D eigenvalue weighted by Gasteiger charge is 2.19. The summed E-state index contributed by atoms with van der Waals surface area (Å²) in [6.45, 7) is 0.167. The fraction of sp³-hybridized carbons (Fsp3) is 0.158. The van der Waals surface area contributed by atoms with E-state index in [-0.39, 0.29) is 6.61 Å². The highest BCUT2D eigenvalue weighted by Crippen LogP contribution is 2.33. The number of hydrogen-bond donors (Lipinski definition) is 2. The summed E-state index contributed by atoms with van der Waals surface area (Å²) in [5.74, 6) is 1.83. The summed E-state index contributed by atoms with van der Waals surface area (Å²) < 4.78 is 6.16. The Hall–Kier alpha value is -2.52. The summed E-state index contributed by atoms with van der Waals surface area (Å²) in [6, 6.07) is 12.4. The molecule has 0 aromatic heterocycles. The Morgan fingerprint density at radius 3 is 2.86 bits per heavy atom. The van der Waals surface area contributed by atoms with E-state index in [0.29, 0.717) is 6.42 Å². The first-order valence-corrected chi connectivity index (χ1v) is 7.56. The number of benzene rings is 2. The molecule has 2 aliphatic heterocycles. The van der Waals surface area contributed by atoms with Crippen LogP contribution in [0.2, 0.25) is 0 Å². The summed E-state index contributed by atoms with van der Waals surface area (Å²) in [5.41, 5.74) is 3.41. The van der Waals surface area contributed by atoms with Crippen LogP contribution in [0.15, 0.2) is 48.7 Å². The van der Waals surface area contributed by atoms with E-state index in [9.17, 15) is 5.11 Å². The van der Waals surface area contributed by atoms with Gasteiger partial charge in [-0.15, -0.1) is 0 Å². The quantitative estimate of drug-likeness (QED) is 0.912. The highest BCUT2D eigenvalue weighted by atomic mass is 16.5. The van der Waals surface area contributed by atoms with Crippen molar-refractivity contribution in [2.45, 2.75) is 12.8 Å². The van der Waals surface area contributed by atoms with Crippen molar-refractivity contribution in [3.05, 3.63) is 59.1 Å². The van der Waals surface area contributed by atoms with Gasteiger partial charge < -0.3 is 15.2 Å². The first kappa shape index (κ1) is 13.2. The van der Waals surface area contributed by atoms with Crippen LogP contribution in [0.3, 0.4) is 0 Å². The first-order chi connectivity index (χ1) is 10.9. The van der Waals surface area contributed by atoms with Gasteiger partial charge in [-0.2, -0.15) is 0 Å². The Kier molecular flexibility index (Phi) is 3.20. The van der Waals surface area contributed by atoms with Crippen LogP contribution in [-0.4, -0.2) is 11.7 Å². The predicted octanol–water partition coefficient (Wildman–Crippen LogP) is 2.35. The molecule has 22 heavy (non-hydrogen) atoms. The average Bonchev–Trinajstić information content (AvgIpc) is 2.59. The Morgan fingerprint density at radius 1 is 1.05 bits per heavy atom. The van der Waals surface area contributed by atoms with Crippen molar-refractivity contribution >= 4 is 17.5 Å². The van der Waals surface area contributed by atoms with Crippen molar-refractivity contribution in [3.8, 4) is 16.9 Å². The van der Waals surface area contributed by atoms with Crippen LogP contribution in [0.25, 0.3) is 23.0 Å². The molecule has 3 heteroatoms. The molecule has 2 aromatic rings. The lowest BCUT2D eigenvalue weighted by atomic mass is 9.95. The minimum absolute atomic E-state index is 0.167. The molecule has 110 valence electrons. The molecule has 0 fully saturated rings. The second-order valence-corrected chi connectivity index (χ2v) is 5.47. The smallest absolute Gasteiger partial charge is 0.134 e. The molecule has 2 N–H and O–H groups in total. The number of rotatable bonds is 3. The molecule has 0 unspecified atom stereocenters. The fourth-order valence-electron chi connectivity index (χ4n) is 3.10. The summed E-state index contributed by atoms with van der Waals surface area (Å²) in [4.78, 5) is 0. The molecule has 0 spiro atoms. The lowest BCUT2D eigenvalue weighted by molar-refractivity contribution is 0.286. The topological polar surface area (TPSA) is 41.5 Å². The van der Waals surface area contributed by atoms with Gasteiger partial charge >= 0.3 is 0 Å². The van der Waals surface area contributed by atoms with E-state index in [1.165, 1.54) is 5.56 Å². The van der Waals surface area contributed by atoms with Crippen molar-refractivity contribution in [2.24, 2.45) is 0 Å². The number of allylic oxidation sites excluding steroid dienone is 1. The van der Waals surface area contributed by atoms with Gasteiger partial charge in [0.25, 0.3) is 0 Å². The monoisotopic (exact) mass is 291 g/mol. The normalized spacial score (nSPS) is 14.1. The van der Waals surface area contributed by atoms with Gasteiger partial charge in [0.1, 0.15) is 11.5 Å². The molecule has 0 amide bonds. The van der Waals surface area contributed by atoms with E-state index >= 15 is 0 Å². The molecule has 3 nitrogen and oxygen atoms in total. The molecule has 0 aliphatic carbocycles. The maximum absolute atomic E-state index is 9.18. The molecule has 0 saturated heterocycles. The number of ether oxygens (including phenoxy) is 1. The first-order valence-electron chi connectivity index (χ1n) is 7.56. The molecule has 2 aromatic carbocycles. The van der Waals surface area contributed by atoms with Crippen LogP contribution in [0.1, 0.15) is 12.8 Å². The predicted molar refractivity (Wildman–Crippen MR) is 88.7 cm³/mol. The van der Waals surface area contributed by atoms with E-state index in [1.807, 2.05) is 30.5 Å². The fourth-order valence-corrected chi connectivity index (χ4v) is 3.10. The minimum Gasteiger partial charge on any atom is -0.460 e. The number of fused-ring (bicyclic) bond motifs is 5. The summed E-state index contributed by atoms with van der Waals surface area (Å²) >= 11 is 0. The standard InChI is InChI=1S/C19H17NO2/c21-12-4-8-18-19-14(13-5-1-2-7-17(13)22-18)9-10-16-15(19)6-3-11-20-16/h1-3,5-7,9-11,20-21H,4,8,12H2. The molecule has 2 heterocycles. The van der Waals surface area contributed by atoms with Gasteiger partial charge in [0.2, 0.25) is 0 Å². The molecule has 0 atom stereocenters. The maximum atomic E-state index is 9.18. The lowest BCUT2D eigenvalue weighted by Gasteiger charge is -2.22. The summed E-state index contributed by atoms with van der Waals surface area (Å²) in [5, 5.41) is 14.8. The SMILES string of the molecule is OCCCC1=c2c(ccc3c2=CC=CN3)-c2ccccc2O1. The van der Waals surface area contributed by atoms with E-state index < -0.39 is 0 Å². The van der Waals surface area contributed by atoms with Crippen molar-refractivity contribution in [3.63, 3.8) is 0 Å². The molecular formula is C19H17NO2. The van der Waals surface area contributed by atoms with E-state index in [4.69, 9.17) is 4.74 Å². The van der Waals surface area contributed by atoms with E-state index in [1.54, 1.807) is 0 Å². The Labute approximate surface area is 128 Å². The third-order valence-corrected chi connectivity index (χ3v) is 4.09. The molecule has 0 saturated carbocycles. The molecule has 4 rings (SSSR count). The van der Waals surface area contributed by atoms with Gasteiger partial charge in [-0.1, -0.05) is 30.3 Å². The number of aliphatic hydroxyl groups is 1. The van der Waals surface area contributed by atoms with Gasteiger partial charge in [0.05, 0.1) is 0 Å². The Morgan fingerprint density at radius 2 is 1.95 bits per heavy atom. The van der Waals surface area contributed by atoms with Gasteiger partial charge in [0.15, 0.2) is 0 Å². The van der Waals surface area contributed by atoms with E-state index in [2.05, 4.69) is 29.6 Å². The molecule has 0 radical (unpaired) electrons. The number of para-hydroxylation sites is 1. The second kappa shape index (κ2) is 5.35. The largest absolute Gasteiger partial charge is 0.460 e. The summed E-state index contributed by atoms with van der Waals surface area (Å²) in [6.07, 6.45) is 7.48. The van der Waals surface area contributed by atoms with Gasteiger partial charge in [0, 0.05) is 40.9 Å². The zero-order valence-corrected chi connectivity index (χ0v) is 12.2. The van der Waals surface area contributed by atoms with Crippen LogP contribution in [0, 0.1) is 0 Å². The van der Waals surface area contributed by atoms with Crippen molar-refractivity contribution < 1.29 is 9.84 Å². The van der Waals surface area contributed by atoms with E-state index in [0.717, 1.165) is 39.6 Å². The Bertz CT molecular complexity index is 881. The lowest BCUT2D eigenvalue weighted by Crippen LogP contribution is -2.35. The molecule has 2 aliphatic rings. The minimum atomic E-state index is 0.167. The van der Waals surface area contributed by atoms with Gasteiger partial charge in [-0.3, -0.25) is 0 Å². The van der Waals surface area contributed by atoms with Crippen LogP contribution in [-0.2, 0) is 0 Å². The average molecular weight is 291 g/mol. The van der Waals surface area contributed by atoms with Crippen molar-refractivity contribution in [1.29, 1.82) is 0 Å². The third-order valence-electron chi connectivity index (χ3n) is 4.09. The number of hydrogen-bond acceptors (Lipinski definition) is 3. The molecular weight excluding hydrogens is 274 g/mol. The third kappa shape index (κ3) is 2.02. The zero-order valence-electron chi connectivity index (χ0n) is 12.2. The van der Waals surface area contributed by atoms with Gasteiger partial charge in [-0.25, -0.2) is 0 Å². The maximum Gasteiger partial charge on any atom is 0.134 e. The molecule has 0 bridgehead atoms.